The Balaban J connectivity index is 0.00000141. The van der Waals surface area contributed by atoms with Gasteiger partial charge in [-0.25, -0.2) is 0 Å². The summed E-state index contributed by atoms with van der Waals surface area (Å²) in [4.78, 5) is 8.00. The maximum Gasteiger partial charge on any atom is 0.106 e. The van der Waals surface area contributed by atoms with E-state index in [2.05, 4.69) is 62.0 Å². The Labute approximate surface area is 249 Å². The molecule has 2 fully saturated rings. The van der Waals surface area contributed by atoms with Gasteiger partial charge in [0.1, 0.15) is 6.79 Å². The third-order valence-corrected chi connectivity index (χ3v) is 9.55. The van der Waals surface area contributed by atoms with Crippen molar-refractivity contribution in [1.82, 2.24) is 0 Å². The summed E-state index contributed by atoms with van der Waals surface area (Å²) in [5, 5.41) is 16.5. The lowest BCUT2D eigenvalue weighted by Crippen LogP contribution is -2.28. The number of carbonyl (C=O) groups is 1. The van der Waals surface area contributed by atoms with E-state index < -0.39 is 0 Å². The third-order valence-electron chi connectivity index (χ3n) is 9.55. The molecule has 2 aromatic carbocycles. The van der Waals surface area contributed by atoms with E-state index in [9.17, 15) is 9.50 Å². The molecule has 0 amide bonds. The molecule has 2 N–H and O–H groups in total. The molecule has 0 saturated heterocycles. The predicted molar refractivity (Wildman–Crippen MR) is 171 cm³/mol. The second-order valence-corrected chi connectivity index (χ2v) is 12.2. The highest BCUT2D eigenvalue weighted by Gasteiger charge is 2.33. The molecule has 2 aromatic rings. The summed E-state index contributed by atoms with van der Waals surface area (Å²) in [6.45, 7) is 8.38. The number of halogens is 1. The molecular formula is C37H55FO3. The van der Waals surface area contributed by atoms with Crippen LogP contribution in [0.3, 0.4) is 0 Å². The molecule has 0 spiro atoms. The summed E-state index contributed by atoms with van der Waals surface area (Å²) >= 11 is 0. The maximum absolute atomic E-state index is 12.3. The molecule has 1 atom stereocenters. The smallest absolute Gasteiger partial charge is 0.106 e. The van der Waals surface area contributed by atoms with Crippen LogP contribution in [-0.4, -0.2) is 37.4 Å². The summed E-state index contributed by atoms with van der Waals surface area (Å²) < 4.78 is 12.3. The Morgan fingerprint density at radius 3 is 1.83 bits per heavy atom. The highest BCUT2D eigenvalue weighted by molar-refractivity contribution is 5.64. The van der Waals surface area contributed by atoms with Crippen molar-refractivity contribution in [3.8, 4) is 11.1 Å². The van der Waals surface area contributed by atoms with Crippen molar-refractivity contribution in [2.24, 2.45) is 23.7 Å². The first kappa shape index (κ1) is 34.9. The van der Waals surface area contributed by atoms with Gasteiger partial charge in [0.2, 0.25) is 0 Å². The minimum atomic E-state index is -0.213. The van der Waals surface area contributed by atoms with E-state index in [4.69, 9.17) is 9.90 Å². The van der Waals surface area contributed by atoms with E-state index >= 15 is 0 Å². The molecule has 1 unspecified atom stereocenters. The standard InChI is InChI=1S/C35H49FO.CH4O.CH2O/c1-26(2)25-35(22-24-37)34-20-18-33(19-21-34)32-16-14-31(15-17-32)30-12-10-29(11-13-30)28-8-6-27(7-9-28)5-3-4-23-36;2*1-2/h6-13,31-35,37H,1,3-5,14-25H2,2H3;2H,1H3;1H2. The quantitative estimate of drug-likeness (QED) is 0.199. The molecule has 0 aromatic heterocycles. The summed E-state index contributed by atoms with van der Waals surface area (Å²) in [7, 11) is 1.00. The molecule has 41 heavy (non-hydrogen) atoms. The number of benzene rings is 2. The zero-order chi connectivity index (χ0) is 30.0. The number of hydrogen-bond donors (Lipinski definition) is 2. The van der Waals surface area contributed by atoms with Crippen LogP contribution in [0.5, 0.6) is 0 Å². The summed E-state index contributed by atoms with van der Waals surface area (Å²) in [5.41, 5.74) is 6.64. The topological polar surface area (TPSA) is 57.5 Å². The monoisotopic (exact) mass is 566 g/mol. The Bertz CT molecular complexity index is 955. The van der Waals surface area contributed by atoms with Crippen molar-refractivity contribution in [1.29, 1.82) is 0 Å². The second-order valence-electron chi connectivity index (χ2n) is 12.2. The molecular weight excluding hydrogens is 511 g/mol. The van der Waals surface area contributed by atoms with Gasteiger partial charge in [0.05, 0.1) is 6.67 Å². The molecule has 2 saturated carbocycles. The number of rotatable bonds is 12. The van der Waals surface area contributed by atoms with Crippen LogP contribution in [0.4, 0.5) is 4.39 Å². The van der Waals surface area contributed by atoms with Crippen LogP contribution in [0.1, 0.15) is 101 Å². The first-order valence-corrected chi connectivity index (χ1v) is 15.8. The van der Waals surface area contributed by atoms with Gasteiger partial charge in [-0.1, -0.05) is 54.1 Å². The van der Waals surface area contributed by atoms with Crippen molar-refractivity contribution >= 4 is 6.79 Å². The first-order valence-electron chi connectivity index (χ1n) is 15.8. The largest absolute Gasteiger partial charge is 0.400 e. The first-order chi connectivity index (χ1) is 20.1. The molecule has 2 aliphatic carbocycles. The molecule has 0 bridgehead atoms. The maximum atomic E-state index is 12.3. The Hall–Kier alpha value is -2.30. The zero-order valence-corrected chi connectivity index (χ0v) is 25.7. The van der Waals surface area contributed by atoms with Crippen LogP contribution < -0.4 is 0 Å². The highest BCUT2D eigenvalue weighted by Crippen LogP contribution is 2.46. The normalized spacial score (nSPS) is 22.9. The number of allylic oxidation sites excluding steroid dienone is 1. The Morgan fingerprint density at radius 1 is 0.829 bits per heavy atom. The summed E-state index contributed by atoms with van der Waals surface area (Å²) in [5.74, 6) is 3.96. The average molecular weight is 567 g/mol. The third kappa shape index (κ3) is 11.1. The minimum Gasteiger partial charge on any atom is -0.400 e. The number of aliphatic hydroxyl groups excluding tert-OH is 2. The van der Waals surface area contributed by atoms with Gasteiger partial charge >= 0.3 is 0 Å². The number of alkyl halides is 1. The summed E-state index contributed by atoms with van der Waals surface area (Å²) in [6.07, 6.45) is 15.5. The van der Waals surface area contributed by atoms with E-state index in [0.29, 0.717) is 24.9 Å². The molecule has 4 heteroatoms. The fraction of sp³-hybridized carbons (Fsp3) is 0.595. The zero-order valence-electron chi connectivity index (χ0n) is 25.7. The van der Waals surface area contributed by atoms with Crippen molar-refractivity contribution in [2.45, 2.75) is 96.3 Å². The van der Waals surface area contributed by atoms with E-state index in [0.717, 1.165) is 50.5 Å². The van der Waals surface area contributed by atoms with Gasteiger partial charge in [-0.05, 0) is 142 Å². The minimum absolute atomic E-state index is 0.213. The molecule has 0 aliphatic heterocycles. The Kier molecular flexibility index (Phi) is 16.8. The van der Waals surface area contributed by atoms with Crippen molar-refractivity contribution in [3.63, 3.8) is 0 Å². The van der Waals surface area contributed by atoms with E-state index in [1.165, 1.54) is 79.2 Å². The summed E-state index contributed by atoms with van der Waals surface area (Å²) in [6, 6.07) is 18.2. The lowest BCUT2D eigenvalue weighted by Gasteiger charge is -2.40. The number of unbranched alkanes of at least 4 members (excludes halogenated alkanes) is 1. The van der Waals surface area contributed by atoms with Crippen LogP contribution in [0.25, 0.3) is 11.1 Å². The highest BCUT2D eigenvalue weighted by atomic mass is 19.1. The van der Waals surface area contributed by atoms with Crippen LogP contribution in [0.15, 0.2) is 60.7 Å². The van der Waals surface area contributed by atoms with Gasteiger partial charge in [0.15, 0.2) is 0 Å². The van der Waals surface area contributed by atoms with Crippen LogP contribution in [-0.2, 0) is 11.2 Å². The number of carbonyl (C=O) groups excluding carboxylic acids is 1. The average Bonchev–Trinajstić information content (AvgIpc) is 3.03. The van der Waals surface area contributed by atoms with Crippen molar-refractivity contribution < 1.29 is 19.4 Å². The van der Waals surface area contributed by atoms with Crippen molar-refractivity contribution in [3.05, 3.63) is 71.8 Å². The van der Waals surface area contributed by atoms with Crippen LogP contribution >= 0.6 is 0 Å². The fourth-order valence-electron chi connectivity index (χ4n) is 7.36. The van der Waals surface area contributed by atoms with Gasteiger partial charge in [0.25, 0.3) is 0 Å². The van der Waals surface area contributed by atoms with Gasteiger partial charge in [-0.15, -0.1) is 6.58 Å². The van der Waals surface area contributed by atoms with E-state index in [-0.39, 0.29) is 6.67 Å². The molecule has 3 nitrogen and oxygen atoms in total. The van der Waals surface area contributed by atoms with Gasteiger partial charge in [-0.3, -0.25) is 4.39 Å². The molecule has 0 heterocycles. The lowest BCUT2D eigenvalue weighted by molar-refractivity contribution is -0.0980. The van der Waals surface area contributed by atoms with Gasteiger partial charge in [0, 0.05) is 13.7 Å². The van der Waals surface area contributed by atoms with E-state index in [1.807, 2.05) is 6.79 Å². The van der Waals surface area contributed by atoms with Crippen LogP contribution in [0, 0.1) is 23.7 Å². The van der Waals surface area contributed by atoms with E-state index in [1.54, 1.807) is 0 Å². The molecule has 228 valence electrons. The Morgan fingerprint density at radius 2 is 1.34 bits per heavy atom. The van der Waals surface area contributed by atoms with Crippen LogP contribution in [0.2, 0.25) is 0 Å². The van der Waals surface area contributed by atoms with Crippen molar-refractivity contribution in [2.75, 3.05) is 20.4 Å². The predicted octanol–water partition coefficient (Wildman–Crippen LogP) is 9.11. The number of aryl methyl sites for hydroxylation is 1. The number of hydrogen-bond acceptors (Lipinski definition) is 3. The number of aliphatic hydroxyl groups is 2. The van der Waals surface area contributed by atoms with Gasteiger partial charge in [-0.2, -0.15) is 0 Å². The molecule has 0 radical (unpaired) electrons. The second kappa shape index (κ2) is 19.8. The fourth-order valence-corrected chi connectivity index (χ4v) is 7.36. The molecule has 2 aliphatic rings. The van der Waals surface area contributed by atoms with Gasteiger partial charge < -0.3 is 15.0 Å². The lowest BCUT2D eigenvalue weighted by atomic mass is 9.66. The SMILES string of the molecule is C=C(C)CC(CCO)C1CCC(C2CCC(c3ccc(-c4ccc(CCCCF)cc4)cc3)CC2)CC1.C=O.CO. The molecule has 4 rings (SSSR count).